The Kier molecular flexibility index (Phi) is 3.60. The van der Waals surface area contributed by atoms with Crippen molar-refractivity contribution < 1.29 is 13.2 Å². The van der Waals surface area contributed by atoms with Gasteiger partial charge >= 0.3 is 11.9 Å². The quantitative estimate of drug-likeness (QED) is 0.742. The molecule has 0 aliphatic carbocycles. The van der Waals surface area contributed by atoms with E-state index in [1.54, 1.807) is 6.92 Å². The van der Waals surface area contributed by atoms with Gasteiger partial charge in [0.2, 0.25) is 0 Å². The zero-order valence-corrected chi connectivity index (χ0v) is 11.2. The molecule has 5 nitrogen and oxygen atoms in total. The SMILES string of the molecule is CC#CCn1c(=O)c2ccc(C(F)(F)F)nc2n(C)c1=O. The molecule has 0 fully saturated rings. The molecule has 8 heteroatoms. The highest BCUT2D eigenvalue weighted by Gasteiger charge is 2.33. The van der Waals surface area contributed by atoms with Crippen LogP contribution in [0.5, 0.6) is 0 Å². The number of fused-ring (bicyclic) bond motifs is 1. The maximum atomic E-state index is 12.6. The van der Waals surface area contributed by atoms with Crippen LogP contribution in [0.25, 0.3) is 11.0 Å². The molecule has 2 heterocycles. The van der Waals surface area contributed by atoms with Gasteiger partial charge in [-0.2, -0.15) is 13.2 Å². The summed E-state index contributed by atoms with van der Waals surface area (Å²) < 4.78 is 39.7. The summed E-state index contributed by atoms with van der Waals surface area (Å²) in [6, 6.07) is 1.73. The Morgan fingerprint density at radius 3 is 2.52 bits per heavy atom. The van der Waals surface area contributed by atoms with E-state index in [0.29, 0.717) is 6.07 Å². The number of aromatic nitrogens is 3. The van der Waals surface area contributed by atoms with E-state index >= 15 is 0 Å². The molecule has 0 aromatic carbocycles. The van der Waals surface area contributed by atoms with Gasteiger partial charge in [-0.3, -0.25) is 9.36 Å². The zero-order valence-electron chi connectivity index (χ0n) is 11.2. The second-order valence-electron chi connectivity index (χ2n) is 4.23. The smallest absolute Gasteiger partial charge is 0.280 e. The van der Waals surface area contributed by atoms with E-state index in [9.17, 15) is 22.8 Å². The van der Waals surface area contributed by atoms with Crippen LogP contribution in [0, 0.1) is 11.8 Å². The molecule has 0 unspecified atom stereocenters. The number of hydrogen-bond donors (Lipinski definition) is 0. The minimum absolute atomic E-state index is 0.0667. The van der Waals surface area contributed by atoms with Crippen LogP contribution >= 0.6 is 0 Å². The molecular formula is C13H10F3N3O2. The lowest BCUT2D eigenvalue weighted by Gasteiger charge is -2.10. The number of halogens is 3. The predicted octanol–water partition coefficient (Wildman–Crippen LogP) is 1.14. The molecule has 110 valence electrons. The lowest BCUT2D eigenvalue weighted by Crippen LogP contribution is -2.39. The highest BCUT2D eigenvalue weighted by Crippen LogP contribution is 2.28. The largest absolute Gasteiger partial charge is 0.433 e. The topological polar surface area (TPSA) is 56.9 Å². The van der Waals surface area contributed by atoms with Crippen molar-refractivity contribution in [1.82, 2.24) is 14.1 Å². The van der Waals surface area contributed by atoms with Gasteiger partial charge in [0.25, 0.3) is 5.56 Å². The predicted molar refractivity (Wildman–Crippen MR) is 69.7 cm³/mol. The average Bonchev–Trinajstić information content (AvgIpc) is 2.43. The van der Waals surface area contributed by atoms with Gasteiger partial charge in [-0.1, -0.05) is 5.92 Å². The first-order valence-corrected chi connectivity index (χ1v) is 5.84. The summed E-state index contributed by atoms with van der Waals surface area (Å²) in [4.78, 5) is 27.5. The number of rotatable bonds is 1. The summed E-state index contributed by atoms with van der Waals surface area (Å²) in [5, 5.41) is -0.0667. The van der Waals surface area contributed by atoms with E-state index in [0.717, 1.165) is 15.2 Å². The van der Waals surface area contributed by atoms with E-state index in [1.165, 1.54) is 7.05 Å². The Morgan fingerprint density at radius 1 is 1.29 bits per heavy atom. The number of aryl methyl sites for hydroxylation is 1. The maximum Gasteiger partial charge on any atom is 0.433 e. The van der Waals surface area contributed by atoms with Crippen LogP contribution in [0.15, 0.2) is 21.7 Å². The third-order valence-electron chi connectivity index (χ3n) is 2.89. The van der Waals surface area contributed by atoms with Crippen LogP contribution in [0.2, 0.25) is 0 Å². The van der Waals surface area contributed by atoms with Crippen LogP contribution in [-0.2, 0) is 19.8 Å². The molecule has 21 heavy (non-hydrogen) atoms. The summed E-state index contributed by atoms with van der Waals surface area (Å²) in [7, 11) is 1.26. The Labute approximate surface area is 116 Å². The number of pyridine rings is 1. The van der Waals surface area contributed by atoms with Crippen molar-refractivity contribution in [3.63, 3.8) is 0 Å². The van der Waals surface area contributed by atoms with E-state index in [4.69, 9.17) is 0 Å². The average molecular weight is 297 g/mol. The molecule has 0 radical (unpaired) electrons. The van der Waals surface area contributed by atoms with Crippen LogP contribution in [0.1, 0.15) is 12.6 Å². The summed E-state index contributed by atoms with van der Waals surface area (Å²) in [6.07, 6.45) is -4.65. The second kappa shape index (κ2) is 5.09. The first-order valence-electron chi connectivity index (χ1n) is 5.84. The molecule has 0 aliphatic heterocycles. The number of nitrogens with zero attached hydrogens (tertiary/aromatic N) is 3. The molecule has 2 rings (SSSR count). The van der Waals surface area contributed by atoms with Gasteiger partial charge in [-0.25, -0.2) is 14.3 Å². The van der Waals surface area contributed by atoms with Crippen molar-refractivity contribution in [1.29, 1.82) is 0 Å². The molecule has 0 bridgehead atoms. The van der Waals surface area contributed by atoms with Crippen molar-refractivity contribution in [3.8, 4) is 11.8 Å². The fourth-order valence-corrected chi connectivity index (χ4v) is 1.83. The molecule has 0 atom stereocenters. The highest BCUT2D eigenvalue weighted by molar-refractivity contribution is 5.74. The first-order chi connectivity index (χ1) is 9.77. The van der Waals surface area contributed by atoms with Crippen molar-refractivity contribution in [2.45, 2.75) is 19.6 Å². The van der Waals surface area contributed by atoms with Gasteiger partial charge < -0.3 is 0 Å². The summed E-state index contributed by atoms with van der Waals surface area (Å²) in [5.74, 6) is 5.12. The zero-order chi connectivity index (χ0) is 15.8. The van der Waals surface area contributed by atoms with Crippen molar-refractivity contribution in [2.75, 3.05) is 0 Å². The third-order valence-corrected chi connectivity index (χ3v) is 2.89. The van der Waals surface area contributed by atoms with Gasteiger partial charge in [-0.15, -0.1) is 5.92 Å². The Bertz CT molecular complexity index is 882. The van der Waals surface area contributed by atoms with Crippen LogP contribution in [0.4, 0.5) is 13.2 Å². The summed E-state index contributed by atoms with van der Waals surface area (Å²) in [5.41, 5.74) is -2.94. The fraction of sp³-hybridized carbons (Fsp3) is 0.308. The van der Waals surface area contributed by atoms with E-state index in [1.807, 2.05) is 0 Å². The molecule has 2 aromatic rings. The first kappa shape index (κ1) is 14.8. The lowest BCUT2D eigenvalue weighted by atomic mass is 10.2. The van der Waals surface area contributed by atoms with Gasteiger partial charge in [0.05, 0.1) is 11.9 Å². The number of hydrogen-bond acceptors (Lipinski definition) is 3. The molecule has 0 aliphatic rings. The molecule has 0 amide bonds. The van der Waals surface area contributed by atoms with Crippen LogP contribution < -0.4 is 11.2 Å². The monoisotopic (exact) mass is 297 g/mol. The van der Waals surface area contributed by atoms with Crippen LogP contribution in [0.3, 0.4) is 0 Å². The van der Waals surface area contributed by atoms with Gasteiger partial charge in [0.15, 0.2) is 0 Å². The molecule has 0 spiro atoms. The molecule has 0 saturated heterocycles. The van der Waals surface area contributed by atoms with E-state index in [-0.39, 0.29) is 17.6 Å². The molecule has 0 N–H and O–H groups in total. The summed E-state index contributed by atoms with van der Waals surface area (Å²) in [6.45, 7) is 1.42. The molecular weight excluding hydrogens is 287 g/mol. The minimum atomic E-state index is -4.65. The highest BCUT2D eigenvalue weighted by atomic mass is 19.4. The van der Waals surface area contributed by atoms with Crippen LogP contribution in [-0.4, -0.2) is 14.1 Å². The van der Waals surface area contributed by atoms with Gasteiger partial charge in [0, 0.05) is 7.05 Å². The summed E-state index contributed by atoms with van der Waals surface area (Å²) >= 11 is 0. The van der Waals surface area contributed by atoms with Crippen molar-refractivity contribution >= 4 is 11.0 Å². The fourth-order valence-electron chi connectivity index (χ4n) is 1.83. The third kappa shape index (κ3) is 2.54. The molecule has 2 aromatic heterocycles. The standard InChI is InChI=1S/C13H10F3N3O2/c1-3-4-7-19-11(20)8-5-6-9(13(14,15)16)17-10(8)18(2)12(19)21/h5-6H,7H2,1-2H3. The molecule has 0 saturated carbocycles. The van der Waals surface area contributed by atoms with Gasteiger partial charge in [-0.05, 0) is 19.1 Å². The van der Waals surface area contributed by atoms with Crippen molar-refractivity contribution in [3.05, 3.63) is 38.7 Å². The number of alkyl halides is 3. The van der Waals surface area contributed by atoms with E-state index < -0.39 is 23.1 Å². The normalized spacial score (nSPS) is 11.3. The van der Waals surface area contributed by atoms with E-state index in [2.05, 4.69) is 16.8 Å². The maximum absolute atomic E-state index is 12.6. The van der Waals surface area contributed by atoms with Gasteiger partial charge in [0.1, 0.15) is 11.3 Å². The Balaban J connectivity index is 2.84. The Morgan fingerprint density at radius 2 is 1.95 bits per heavy atom. The van der Waals surface area contributed by atoms with Crippen molar-refractivity contribution in [2.24, 2.45) is 7.05 Å². The minimum Gasteiger partial charge on any atom is -0.280 e. The second-order valence-corrected chi connectivity index (χ2v) is 4.23. The lowest BCUT2D eigenvalue weighted by molar-refractivity contribution is -0.141. The Hall–Kier alpha value is -2.56.